The number of nitrogens with zero attached hydrogens (tertiary/aromatic N) is 3. The molecule has 1 aliphatic carbocycles. The molecule has 1 aromatic carbocycles. The smallest absolute Gasteiger partial charge is 0.239 e. The lowest BCUT2D eigenvalue weighted by Crippen LogP contribution is -2.29. The van der Waals surface area contributed by atoms with Crippen LogP contribution in [0.5, 0.6) is 0 Å². The van der Waals surface area contributed by atoms with Gasteiger partial charge in [-0.2, -0.15) is 4.98 Å². The molecule has 0 saturated heterocycles. The van der Waals surface area contributed by atoms with E-state index in [9.17, 15) is 4.79 Å². The van der Waals surface area contributed by atoms with Crippen molar-refractivity contribution in [1.29, 1.82) is 0 Å². The molecule has 0 atom stereocenters. The lowest BCUT2D eigenvalue weighted by Gasteiger charge is -2.13. The molecule has 0 aliphatic heterocycles. The van der Waals surface area contributed by atoms with E-state index in [4.69, 9.17) is 23.2 Å². The van der Waals surface area contributed by atoms with Crippen molar-refractivity contribution >= 4 is 40.9 Å². The Balaban J connectivity index is 1.42. The number of nitrogens with one attached hydrogen (secondary N) is 3. The number of benzene rings is 1. The van der Waals surface area contributed by atoms with Crippen molar-refractivity contribution in [2.24, 2.45) is 0 Å². The Morgan fingerprint density at radius 2 is 1.88 bits per heavy atom. The Kier molecular flexibility index (Phi) is 8.12. The van der Waals surface area contributed by atoms with E-state index in [1.54, 1.807) is 24.5 Å². The largest absolute Gasteiger partial charge is 0.366 e. The third-order valence-corrected chi connectivity index (χ3v) is 5.65. The highest BCUT2D eigenvalue weighted by atomic mass is 35.5. The van der Waals surface area contributed by atoms with E-state index in [0.717, 1.165) is 34.6 Å². The van der Waals surface area contributed by atoms with Crippen molar-refractivity contribution in [3.8, 4) is 11.3 Å². The van der Waals surface area contributed by atoms with E-state index in [0.29, 0.717) is 35.6 Å². The van der Waals surface area contributed by atoms with Crippen LogP contribution < -0.4 is 16.0 Å². The average Bonchev–Trinajstić information content (AvgIpc) is 2.86. The van der Waals surface area contributed by atoms with E-state index >= 15 is 0 Å². The number of rotatable bonds is 9. The Hall–Kier alpha value is -3.42. The van der Waals surface area contributed by atoms with Crippen LogP contribution >= 0.6 is 23.2 Å². The summed E-state index contributed by atoms with van der Waals surface area (Å²) in [6.45, 7) is 1.03. The molecule has 0 spiro atoms. The topological polar surface area (TPSA) is 91.8 Å². The van der Waals surface area contributed by atoms with E-state index in [2.05, 4.69) is 37.0 Å². The summed E-state index contributed by atoms with van der Waals surface area (Å²) in [4.78, 5) is 25.6. The van der Waals surface area contributed by atoms with Gasteiger partial charge in [0.1, 0.15) is 5.82 Å². The quantitative estimate of drug-likeness (QED) is 0.379. The van der Waals surface area contributed by atoms with Gasteiger partial charge in [-0.25, -0.2) is 4.98 Å². The average molecular weight is 495 g/mol. The maximum absolute atomic E-state index is 12.4. The van der Waals surface area contributed by atoms with Crippen LogP contribution in [0.25, 0.3) is 11.3 Å². The minimum absolute atomic E-state index is 0.0347. The second-order valence-electron chi connectivity index (χ2n) is 7.72. The minimum atomic E-state index is -0.174. The molecule has 3 N–H and O–H groups in total. The zero-order valence-corrected chi connectivity index (χ0v) is 19.9. The van der Waals surface area contributed by atoms with Crippen molar-refractivity contribution in [2.45, 2.75) is 19.4 Å². The first kappa shape index (κ1) is 23.7. The molecule has 3 aromatic rings. The molecule has 4 rings (SSSR count). The fourth-order valence-corrected chi connectivity index (χ4v) is 3.72. The van der Waals surface area contributed by atoms with Gasteiger partial charge in [0.15, 0.2) is 0 Å². The normalized spacial score (nSPS) is 13.0. The van der Waals surface area contributed by atoms with Gasteiger partial charge in [-0.05, 0) is 54.3 Å². The van der Waals surface area contributed by atoms with Crippen molar-refractivity contribution in [3.05, 3.63) is 88.2 Å². The van der Waals surface area contributed by atoms with Gasteiger partial charge >= 0.3 is 0 Å². The summed E-state index contributed by atoms with van der Waals surface area (Å²) < 4.78 is 0. The lowest BCUT2D eigenvalue weighted by atomic mass is 10.1. The summed E-state index contributed by atoms with van der Waals surface area (Å²) in [7, 11) is 0. The molecular formula is C25H24Cl2N6O. The van der Waals surface area contributed by atoms with Crippen molar-refractivity contribution in [2.75, 3.05) is 23.7 Å². The zero-order chi connectivity index (χ0) is 23.8. The van der Waals surface area contributed by atoms with Crippen molar-refractivity contribution in [3.63, 3.8) is 0 Å². The third-order valence-electron chi connectivity index (χ3n) is 5.10. The van der Waals surface area contributed by atoms with Crippen LogP contribution in [0, 0.1) is 0 Å². The standard InChI is InChI=1S/C25H24Cl2N6O/c26-20-8-6-17(7-9-20)13-30-24(34)16-31-25-32-22(19-4-2-10-28-15-19)12-23(33-25)29-14-18-3-1-5-21(27)11-18/h2-4,6-12,15H,1,5,13-14,16H2,(H,30,34)(H2,29,31,32,33). The highest BCUT2D eigenvalue weighted by molar-refractivity contribution is 6.30. The first-order valence-electron chi connectivity index (χ1n) is 10.9. The molecule has 9 heteroatoms. The highest BCUT2D eigenvalue weighted by Gasteiger charge is 2.10. The highest BCUT2D eigenvalue weighted by Crippen LogP contribution is 2.23. The Labute approximate surface area is 208 Å². The SMILES string of the molecule is O=C(CNc1nc(NCC2=CCCC(Cl)=C2)cc(-c2cccnc2)n1)NCc1ccc(Cl)cc1. The van der Waals surface area contributed by atoms with Gasteiger partial charge in [-0.15, -0.1) is 0 Å². The molecule has 7 nitrogen and oxygen atoms in total. The van der Waals surface area contributed by atoms with Gasteiger partial charge in [-0.1, -0.05) is 41.4 Å². The summed E-state index contributed by atoms with van der Waals surface area (Å²) >= 11 is 12.1. The molecule has 34 heavy (non-hydrogen) atoms. The number of anilines is 2. The predicted octanol–water partition coefficient (Wildman–Crippen LogP) is 5.18. The zero-order valence-electron chi connectivity index (χ0n) is 18.4. The predicted molar refractivity (Wildman–Crippen MR) is 137 cm³/mol. The summed E-state index contributed by atoms with van der Waals surface area (Å²) in [6, 6.07) is 13.0. The number of carbonyl (C=O) groups is 1. The first-order valence-corrected chi connectivity index (χ1v) is 11.6. The van der Waals surface area contributed by atoms with Crippen LogP contribution in [0.4, 0.5) is 11.8 Å². The summed E-state index contributed by atoms with van der Waals surface area (Å²) in [6.07, 6.45) is 9.38. The molecule has 174 valence electrons. The number of halogens is 2. The van der Waals surface area contributed by atoms with Crippen molar-refractivity contribution < 1.29 is 4.79 Å². The molecular weight excluding hydrogens is 471 g/mol. The second kappa shape index (κ2) is 11.6. The molecule has 1 amide bonds. The molecule has 2 heterocycles. The molecule has 0 unspecified atom stereocenters. The van der Waals surface area contributed by atoms with E-state index in [1.807, 2.05) is 36.4 Å². The maximum atomic E-state index is 12.4. The summed E-state index contributed by atoms with van der Waals surface area (Å²) in [5, 5.41) is 10.7. The Morgan fingerprint density at radius 3 is 2.65 bits per heavy atom. The van der Waals surface area contributed by atoms with Gasteiger partial charge in [0.25, 0.3) is 0 Å². The Bertz CT molecular complexity index is 1200. The molecule has 0 bridgehead atoms. The van der Waals surface area contributed by atoms with Crippen molar-refractivity contribution in [1.82, 2.24) is 20.3 Å². The molecule has 0 radical (unpaired) electrons. The number of pyridine rings is 1. The van der Waals surface area contributed by atoms with Crippen LogP contribution in [0.1, 0.15) is 18.4 Å². The number of aromatic nitrogens is 3. The number of hydrogen-bond donors (Lipinski definition) is 3. The maximum Gasteiger partial charge on any atom is 0.239 e. The molecule has 0 fully saturated rings. The van der Waals surface area contributed by atoms with E-state index in [-0.39, 0.29) is 12.5 Å². The number of allylic oxidation sites excluding steroid dienone is 2. The van der Waals surface area contributed by atoms with Gasteiger partial charge in [0.2, 0.25) is 11.9 Å². The fraction of sp³-hybridized carbons (Fsp3) is 0.200. The van der Waals surface area contributed by atoms with Gasteiger partial charge < -0.3 is 16.0 Å². The van der Waals surface area contributed by atoms with Crippen LogP contribution in [0.15, 0.2) is 77.6 Å². The minimum Gasteiger partial charge on any atom is -0.366 e. The summed E-state index contributed by atoms with van der Waals surface area (Å²) in [5.74, 6) is 0.803. The van der Waals surface area contributed by atoms with Crippen LogP contribution in [0.2, 0.25) is 5.02 Å². The number of amides is 1. The van der Waals surface area contributed by atoms with Gasteiger partial charge in [0, 0.05) is 47.2 Å². The Morgan fingerprint density at radius 1 is 1.03 bits per heavy atom. The van der Waals surface area contributed by atoms with E-state index < -0.39 is 0 Å². The van der Waals surface area contributed by atoms with Crippen LogP contribution in [-0.2, 0) is 11.3 Å². The molecule has 0 saturated carbocycles. The molecule has 1 aliphatic rings. The number of carbonyl (C=O) groups excluding carboxylic acids is 1. The second-order valence-corrected chi connectivity index (χ2v) is 8.64. The van der Waals surface area contributed by atoms with E-state index in [1.165, 1.54) is 0 Å². The van der Waals surface area contributed by atoms with Gasteiger partial charge in [0.05, 0.1) is 12.2 Å². The third kappa shape index (κ3) is 7.04. The first-order chi connectivity index (χ1) is 16.5. The lowest BCUT2D eigenvalue weighted by molar-refractivity contribution is -0.119. The fourth-order valence-electron chi connectivity index (χ4n) is 3.35. The monoisotopic (exact) mass is 494 g/mol. The molecule has 2 aromatic heterocycles. The summed E-state index contributed by atoms with van der Waals surface area (Å²) in [5.41, 5.74) is 3.61. The number of hydrogen-bond acceptors (Lipinski definition) is 6. The van der Waals surface area contributed by atoms with Gasteiger partial charge in [-0.3, -0.25) is 9.78 Å². The van der Waals surface area contributed by atoms with Crippen LogP contribution in [0.3, 0.4) is 0 Å². The van der Waals surface area contributed by atoms with Crippen LogP contribution in [-0.4, -0.2) is 33.9 Å².